The number of fused-ring (bicyclic) bond motifs is 3. The number of aliphatic imine (C=N–C) groups is 1. The maximum absolute atomic E-state index is 5.26. The summed E-state index contributed by atoms with van der Waals surface area (Å²) in [4.78, 5) is 5.26. The molecule has 0 amide bonds. The van der Waals surface area contributed by atoms with E-state index < -0.39 is 0 Å². The number of rotatable bonds is 3. The van der Waals surface area contributed by atoms with Crippen LogP contribution in [0.4, 0.5) is 0 Å². The van der Waals surface area contributed by atoms with Crippen molar-refractivity contribution in [1.82, 2.24) is 5.32 Å². The van der Waals surface area contributed by atoms with Crippen molar-refractivity contribution >= 4 is 12.3 Å². The van der Waals surface area contributed by atoms with E-state index in [1.165, 1.54) is 28.0 Å². The summed E-state index contributed by atoms with van der Waals surface area (Å²) in [5.74, 6) is 0.403. The summed E-state index contributed by atoms with van der Waals surface area (Å²) in [6.45, 7) is 10.6. The minimum absolute atomic E-state index is 0.318. The second-order valence-corrected chi connectivity index (χ2v) is 8.04. The first-order chi connectivity index (χ1) is 13.5. The second kappa shape index (κ2) is 7.27. The minimum Gasteiger partial charge on any atom is -0.359 e. The smallest absolute Gasteiger partial charge is 0.112 e. The molecule has 2 nitrogen and oxygen atoms in total. The number of benzene rings is 1. The Kier molecular flexibility index (Phi) is 4.80. The summed E-state index contributed by atoms with van der Waals surface area (Å²) in [6.07, 6.45) is 15.2. The van der Waals surface area contributed by atoms with Crippen molar-refractivity contribution < 1.29 is 0 Å². The van der Waals surface area contributed by atoms with Gasteiger partial charge in [-0.05, 0) is 50.0 Å². The third-order valence-corrected chi connectivity index (χ3v) is 5.85. The van der Waals surface area contributed by atoms with Gasteiger partial charge < -0.3 is 5.32 Å². The van der Waals surface area contributed by atoms with Gasteiger partial charge in [-0.2, -0.15) is 0 Å². The highest BCUT2D eigenvalue weighted by Gasteiger charge is 2.47. The number of nitrogens with zero attached hydrogens (tertiary/aromatic N) is 1. The van der Waals surface area contributed by atoms with E-state index in [4.69, 9.17) is 4.99 Å². The standard InChI is InChI=1S/C26H28N2/c1-5-23-22-14-18(2)16-26(23,24-12-11-20(4)28-25(24)15-22)27-17-19(3)13-21-9-7-6-8-10-21/h5-14,17,22,28H,4,15-16H2,1-3H3/b19-13+,23-5?,27-17?. The van der Waals surface area contributed by atoms with Crippen molar-refractivity contribution in [3.8, 4) is 0 Å². The Hall–Kier alpha value is -2.87. The van der Waals surface area contributed by atoms with E-state index in [-0.39, 0.29) is 5.54 Å². The van der Waals surface area contributed by atoms with Crippen molar-refractivity contribution in [2.24, 2.45) is 10.9 Å². The van der Waals surface area contributed by atoms with Crippen LogP contribution < -0.4 is 5.32 Å². The molecule has 142 valence electrons. The number of allylic oxidation sites excluding steroid dienone is 5. The quantitative estimate of drug-likeness (QED) is 0.503. The summed E-state index contributed by atoms with van der Waals surface area (Å²) < 4.78 is 0. The predicted molar refractivity (Wildman–Crippen MR) is 120 cm³/mol. The number of hydrogen-bond acceptors (Lipinski definition) is 2. The van der Waals surface area contributed by atoms with Gasteiger partial charge in [0, 0.05) is 35.5 Å². The fourth-order valence-corrected chi connectivity index (χ4v) is 4.78. The Morgan fingerprint density at radius 1 is 1.25 bits per heavy atom. The van der Waals surface area contributed by atoms with Gasteiger partial charge in [-0.25, -0.2) is 0 Å². The van der Waals surface area contributed by atoms with Crippen LogP contribution in [0.2, 0.25) is 0 Å². The average Bonchev–Trinajstić information content (AvgIpc) is 2.66. The molecule has 2 bridgehead atoms. The molecule has 2 unspecified atom stereocenters. The first-order valence-corrected chi connectivity index (χ1v) is 10.0. The SMILES string of the molecule is C=C1C=CC2=C(CC3C=C(C)CC2(N=C/C(C)=C/c2ccccc2)C3=CC)N1. The van der Waals surface area contributed by atoms with E-state index in [2.05, 4.69) is 93.5 Å². The molecule has 0 spiro atoms. The average molecular weight is 369 g/mol. The van der Waals surface area contributed by atoms with Crippen LogP contribution in [0.25, 0.3) is 6.08 Å². The maximum atomic E-state index is 5.26. The summed E-state index contributed by atoms with van der Waals surface area (Å²) in [5, 5.41) is 3.51. The van der Waals surface area contributed by atoms with Crippen LogP contribution in [0.1, 0.15) is 39.2 Å². The fraction of sp³-hybridized carbons (Fsp3) is 0.269. The van der Waals surface area contributed by atoms with Crippen LogP contribution in [-0.4, -0.2) is 11.8 Å². The van der Waals surface area contributed by atoms with Gasteiger partial charge in [0.15, 0.2) is 0 Å². The summed E-state index contributed by atoms with van der Waals surface area (Å²) in [5.41, 5.74) is 8.40. The lowest BCUT2D eigenvalue weighted by molar-refractivity contribution is 0.453. The monoisotopic (exact) mass is 368 g/mol. The molecule has 28 heavy (non-hydrogen) atoms. The highest BCUT2D eigenvalue weighted by molar-refractivity contribution is 5.86. The molecule has 2 heteroatoms. The van der Waals surface area contributed by atoms with Crippen molar-refractivity contribution in [3.63, 3.8) is 0 Å². The Morgan fingerprint density at radius 2 is 2.04 bits per heavy atom. The predicted octanol–water partition coefficient (Wildman–Crippen LogP) is 6.14. The summed E-state index contributed by atoms with van der Waals surface area (Å²) in [6, 6.07) is 10.4. The van der Waals surface area contributed by atoms with Crippen LogP contribution in [0.3, 0.4) is 0 Å². The third kappa shape index (κ3) is 3.24. The Morgan fingerprint density at radius 3 is 2.79 bits per heavy atom. The molecule has 1 aliphatic heterocycles. The Bertz CT molecular complexity index is 983. The zero-order chi connectivity index (χ0) is 19.7. The van der Waals surface area contributed by atoms with E-state index in [0.717, 1.165) is 24.1 Å². The third-order valence-electron chi connectivity index (χ3n) is 5.85. The molecule has 0 radical (unpaired) electrons. The Balaban J connectivity index is 1.79. The normalized spacial score (nSPS) is 28.5. The van der Waals surface area contributed by atoms with Crippen molar-refractivity contribution in [3.05, 3.63) is 100 Å². The van der Waals surface area contributed by atoms with Gasteiger partial charge in [-0.3, -0.25) is 4.99 Å². The van der Waals surface area contributed by atoms with Crippen molar-refractivity contribution in [2.75, 3.05) is 0 Å². The molecule has 1 aromatic carbocycles. The lowest BCUT2D eigenvalue weighted by atomic mass is 9.62. The van der Waals surface area contributed by atoms with E-state index in [9.17, 15) is 0 Å². The van der Waals surface area contributed by atoms with Crippen molar-refractivity contribution in [2.45, 2.75) is 39.2 Å². The highest BCUT2D eigenvalue weighted by Crippen LogP contribution is 2.52. The van der Waals surface area contributed by atoms with E-state index in [1.807, 2.05) is 6.07 Å². The van der Waals surface area contributed by atoms with Gasteiger partial charge in [-0.15, -0.1) is 0 Å². The minimum atomic E-state index is -0.318. The first kappa shape index (κ1) is 18.5. The molecule has 2 aliphatic carbocycles. The van der Waals surface area contributed by atoms with Crippen LogP contribution >= 0.6 is 0 Å². The summed E-state index contributed by atoms with van der Waals surface area (Å²) in [7, 11) is 0. The zero-order valence-electron chi connectivity index (χ0n) is 17.0. The van der Waals surface area contributed by atoms with E-state index in [1.54, 1.807) is 0 Å². The second-order valence-electron chi connectivity index (χ2n) is 8.04. The molecule has 1 aromatic rings. The molecule has 0 aromatic heterocycles. The molecule has 2 atom stereocenters. The van der Waals surface area contributed by atoms with Gasteiger partial charge in [0.2, 0.25) is 0 Å². The lowest BCUT2D eigenvalue weighted by Crippen LogP contribution is -2.44. The Labute approximate surface area is 168 Å². The molecule has 1 N–H and O–H groups in total. The van der Waals surface area contributed by atoms with Gasteiger partial charge in [0.25, 0.3) is 0 Å². The molecular formula is C26H28N2. The van der Waals surface area contributed by atoms with Crippen LogP contribution in [-0.2, 0) is 0 Å². The van der Waals surface area contributed by atoms with Gasteiger partial charge >= 0.3 is 0 Å². The van der Waals surface area contributed by atoms with E-state index >= 15 is 0 Å². The molecule has 1 heterocycles. The van der Waals surface area contributed by atoms with Crippen LogP contribution in [0.5, 0.6) is 0 Å². The molecule has 0 fully saturated rings. The molecular weight excluding hydrogens is 340 g/mol. The van der Waals surface area contributed by atoms with Gasteiger partial charge in [-0.1, -0.05) is 66.8 Å². The molecule has 3 aliphatic rings. The van der Waals surface area contributed by atoms with Crippen molar-refractivity contribution in [1.29, 1.82) is 0 Å². The van der Waals surface area contributed by atoms with Crippen LogP contribution in [0, 0.1) is 5.92 Å². The molecule has 4 rings (SSSR count). The first-order valence-electron chi connectivity index (χ1n) is 10.0. The largest absolute Gasteiger partial charge is 0.359 e. The lowest BCUT2D eigenvalue weighted by Gasteiger charge is -2.47. The van der Waals surface area contributed by atoms with Crippen LogP contribution in [0.15, 0.2) is 99.9 Å². The maximum Gasteiger partial charge on any atom is 0.112 e. The zero-order valence-corrected chi connectivity index (χ0v) is 17.0. The van der Waals surface area contributed by atoms with Gasteiger partial charge in [0.05, 0.1) is 0 Å². The molecule has 0 saturated carbocycles. The highest BCUT2D eigenvalue weighted by atomic mass is 15.0. The number of dihydropyridines is 1. The summed E-state index contributed by atoms with van der Waals surface area (Å²) >= 11 is 0. The number of hydrogen-bond donors (Lipinski definition) is 1. The van der Waals surface area contributed by atoms with E-state index in [0.29, 0.717) is 5.92 Å². The number of nitrogens with one attached hydrogen (secondary N) is 1. The fourth-order valence-electron chi connectivity index (χ4n) is 4.78. The van der Waals surface area contributed by atoms with Gasteiger partial charge in [0.1, 0.15) is 5.54 Å². The topological polar surface area (TPSA) is 24.4 Å². The molecule has 0 saturated heterocycles.